The minimum atomic E-state index is -0.528. The van der Waals surface area contributed by atoms with Gasteiger partial charge in [0.25, 0.3) is 0 Å². The number of nitrogens with one attached hydrogen (secondary N) is 1. The molecule has 0 spiro atoms. The summed E-state index contributed by atoms with van der Waals surface area (Å²) in [5.41, 5.74) is 0.564. The SMILES string of the molecule is O=C(Nc1nnc(SCC(=O)N2CCCC2)s1)[C@H]1CC(=O)N(c2ccc(F)cc2)C1. The lowest BCUT2D eigenvalue weighted by atomic mass is 10.1. The highest BCUT2D eigenvalue weighted by Crippen LogP contribution is 2.29. The van der Waals surface area contributed by atoms with Crippen LogP contribution in [-0.2, 0) is 14.4 Å². The van der Waals surface area contributed by atoms with E-state index in [0.717, 1.165) is 25.9 Å². The highest BCUT2D eigenvalue weighted by Gasteiger charge is 2.35. The second kappa shape index (κ2) is 9.09. The van der Waals surface area contributed by atoms with Crippen LogP contribution in [0.25, 0.3) is 0 Å². The van der Waals surface area contributed by atoms with Gasteiger partial charge in [-0.2, -0.15) is 0 Å². The van der Waals surface area contributed by atoms with Crippen molar-refractivity contribution in [2.24, 2.45) is 5.92 Å². The molecule has 1 aromatic heterocycles. The predicted octanol–water partition coefficient (Wildman–Crippen LogP) is 2.38. The highest BCUT2D eigenvalue weighted by atomic mass is 32.2. The molecule has 4 rings (SSSR count). The molecule has 158 valence electrons. The number of thioether (sulfide) groups is 1. The smallest absolute Gasteiger partial charge is 0.233 e. The molecular formula is C19H20FN5O3S2. The number of aromatic nitrogens is 2. The fourth-order valence-electron chi connectivity index (χ4n) is 3.46. The molecule has 2 fully saturated rings. The van der Waals surface area contributed by atoms with Gasteiger partial charge in [-0.15, -0.1) is 10.2 Å². The summed E-state index contributed by atoms with van der Waals surface area (Å²) < 4.78 is 13.7. The van der Waals surface area contributed by atoms with Gasteiger partial charge in [0.2, 0.25) is 22.9 Å². The zero-order valence-electron chi connectivity index (χ0n) is 16.0. The molecular weight excluding hydrogens is 429 g/mol. The van der Waals surface area contributed by atoms with Gasteiger partial charge >= 0.3 is 0 Å². The molecule has 0 radical (unpaired) electrons. The van der Waals surface area contributed by atoms with Crippen molar-refractivity contribution in [1.82, 2.24) is 15.1 Å². The number of rotatable bonds is 6. The Morgan fingerprint density at radius 3 is 2.67 bits per heavy atom. The van der Waals surface area contributed by atoms with Crippen molar-refractivity contribution in [2.45, 2.75) is 23.6 Å². The number of anilines is 2. The van der Waals surface area contributed by atoms with Crippen LogP contribution in [0.4, 0.5) is 15.2 Å². The Morgan fingerprint density at radius 2 is 1.93 bits per heavy atom. The van der Waals surface area contributed by atoms with Crippen LogP contribution < -0.4 is 10.2 Å². The predicted molar refractivity (Wildman–Crippen MR) is 112 cm³/mol. The Kier molecular flexibility index (Phi) is 6.28. The Hall–Kier alpha value is -2.53. The van der Waals surface area contributed by atoms with Crippen molar-refractivity contribution in [3.05, 3.63) is 30.1 Å². The third-order valence-corrected chi connectivity index (χ3v) is 7.01. The van der Waals surface area contributed by atoms with E-state index in [1.54, 1.807) is 0 Å². The lowest BCUT2D eigenvalue weighted by Gasteiger charge is -2.16. The molecule has 30 heavy (non-hydrogen) atoms. The molecule has 2 aliphatic rings. The number of nitrogens with zero attached hydrogens (tertiary/aromatic N) is 4. The summed E-state index contributed by atoms with van der Waals surface area (Å²) in [6, 6.07) is 5.60. The molecule has 1 N–H and O–H groups in total. The topological polar surface area (TPSA) is 95.5 Å². The molecule has 1 aromatic carbocycles. The number of halogens is 1. The molecule has 0 saturated carbocycles. The Labute approximate surface area is 180 Å². The molecule has 8 nitrogen and oxygen atoms in total. The van der Waals surface area contributed by atoms with Crippen molar-refractivity contribution in [1.29, 1.82) is 0 Å². The van der Waals surface area contributed by atoms with Gasteiger partial charge in [-0.1, -0.05) is 23.1 Å². The van der Waals surface area contributed by atoms with Crippen molar-refractivity contribution in [3.8, 4) is 0 Å². The normalized spacial score (nSPS) is 18.8. The van der Waals surface area contributed by atoms with E-state index in [1.165, 1.54) is 52.3 Å². The van der Waals surface area contributed by atoms with Gasteiger partial charge < -0.3 is 15.1 Å². The number of amides is 3. The first-order chi connectivity index (χ1) is 14.5. The molecule has 1 atom stereocenters. The van der Waals surface area contributed by atoms with Crippen LogP contribution in [-0.4, -0.2) is 58.2 Å². The van der Waals surface area contributed by atoms with E-state index in [-0.39, 0.29) is 36.5 Å². The first-order valence-corrected chi connectivity index (χ1v) is 11.4. The van der Waals surface area contributed by atoms with E-state index in [0.29, 0.717) is 20.9 Å². The molecule has 3 heterocycles. The van der Waals surface area contributed by atoms with Gasteiger partial charge in [0.1, 0.15) is 5.82 Å². The zero-order valence-corrected chi connectivity index (χ0v) is 17.7. The molecule has 2 aliphatic heterocycles. The Morgan fingerprint density at radius 1 is 1.20 bits per heavy atom. The number of carbonyl (C=O) groups is 3. The maximum Gasteiger partial charge on any atom is 0.233 e. The summed E-state index contributed by atoms with van der Waals surface area (Å²) in [7, 11) is 0. The van der Waals surface area contributed by atoms with Crippen molar-refractivity contribution < 1.29 is 18.8 Å². The number of benzene rings is 1. The third kappa shape index (κ3) is 4.78. The van der Waals surface area contributed by atoms with Gasteiger partial charge in [-0.05, 0) is 37.1 Å². The van der Waals surface area contributed by atoms with E-state index in [4.69, 9.17) is 0 Å². The quantitative estimate of drug-likeness (QED) is 0.537. The average molecular weight is 450 g/mol. The van der Waals surface area contributed by atoms with E-state index in [9.17, 15) is 18.8 Å². The first kappa shape index (κ1) is 20.7. The molecule has 2 aromatic rings. The molecule has 3 amide bonds. The summed E-state index contributed by atoms with van der Waals surface area (Å²) >= 11 is 2.51. The summed E-state index contributed by atoms with van der Waals surface area (Å²) in [6.07, 6.45) is 2.18. The van der Waals surface area contributed by atoms with E-state index in [1.807, 2.05) is 4.90 Å². The van der Waals surface area contributed by atoms with Crippen LogP contribution in [0.1, 0.15) is 19.3 Å². The highest BCUT2D eigenvalue weighted by molar-refractivity contribution is 8.01. The Balaban J connectivity index is 1.29. The summed E-state index contributed by atoms with van der Waals surface area (Å²) in [6.45, 7) is 1.85. The van der Waals surface area contributed by atoms with Gasteiger partial charge in [0, 0.05) is 31.7 Å². The van der Waals surface area contributed by atoms with Gasteiger partial charge in [0.15, 0.2) is 4.34 Å². The lowest BCUT2D eigenvalue weighted by Crippen LogP contribution is -2.29. The summed E-state index contributed by atoms with van der Waals surface area (Å²) in [5, 5.41) is 11.0. The van der Waals surface area contributed by atoms with Crippen LogP contribution in [0.15, 0.2) is 28.6 Å². The second-order valence-corrected chi connectivity index (χ2v) is 9.32. The molecule has 2 saturated heterocycles. The van der Waals surface area contributed by atoms with Crippen LogP contribution in [0.2, 0.25) is 0 Å². The van der Waals surface area contributed by atoms with Crippen LogP contribution >= 0.6 is 23.1 Å². The van der Waals surface area contributed by atoms with Crippen molar-refractivity contribution in [3.63, 3.8) is 0 Å². The lowest BCUT2D eigenvalue weighted by molar-refractivity contribution is -0.127. The third-order valence-electron chi connectivity index (χ3n) is 5.05. The van der Waals surface area contributed by atoms with E-state index < -0.39 is 5.92 Å². The fourth-order valence-corrected chi connectivity index (χ4v) is 5.12. The number of carbonyl (C=O) groups excluding carboxylic acids is 3. The van der Waals surface area contributed by atoms with Crippen LogP contribution in [0, 0.1) is 11.7 Å². The molecule has 0 unspecified atom stereocenters. The number of likely N-dealkylation sites (tertiary alicyclic amines) is 1. The molecule has 11 heteroatoms. The minimum absolute atomic E-state index is 0.0773. The fraction of sp³-hybridized carbons (Fsp3) is 0.421. The van der Waals surface area contributed by atoms with Crippen LogP contribution in [0.5, 0.6) is 0 Å². The molecule has 0 aliphatic carbocycles. The van der Waals surface area contributed by atoms with Crippen molar-refractivity contribution in [2.75, 3.05) is 35.6 Å². The number of hydrogen-bond acceptors (Lipinski definition) is 7. The monoisotopic (exact) mass is 449 g/mol. The van der Waals surface area contributed by atoms with Gasteiger partial charge in [0.05, 0.1) is 11.7 Å². The maximum atomic E-state index is 13.1. The van der Waals surface area contributed by atoms with Gasteiger partial charge in [-0.25, -0.2) is 4.39 Å². The first-order valence-electron chi connectivity index (χ1n) is 9.60. The largest absolute Gasteiger partial charge is 0.342 e. The Bertz CT molecular complexity index is 946. The van der Waals surface area contributed by atoms with Gasteiger partial charge in [-0.3, -0.25) is 14.4 Å². The zero-order chi connectivity index (χ0) is 21.1. The number of hydrogen-bond donors (Lipinski definition) is 1. The van der Waals surface area contributed by atoms with E-state index in [2.05, 4.69) is 15.5 Å². The summed E-state index contributed by atoms with van der Waals surface area (Å²) in [4.78, 5) is 40.3. The second-order valence-electron chi connectivity index (χ2n) is 7.12. The average Bonchev–Trinajstić information content (AvgIpc) is 3.48. The van der Waals surface area contributed by atoms with Crippen LogP contribution in [0.3, 0.4) is 0 Å². The maximum absolute atomic E-state index is 13.1. The van der Waals surface area contributed by atoms with E-state index >= 15 is 0 Å². The van der Waals surface area contributed by atoms with Crippen molar-refractivity contribution >= 4 is 51.6 Å². The minimum Gasteiger partial charge on any atom is -0.342 e. The standard InChI is InChI=1S/C19H20FN5O3S2/c20-13-3-5-14(6-4-13)25-10-12(9-15(25)26)17(28)21-18-22-23-19(30-18)29-11-16(27)24-7-1-2-8-24/h3-6,12H,1-2,7-11H2,(H,21,22,28)/t12-/m0/s1. The summed E-state index contributed by atoms with van der Waals surface area (Å²) in [5.74, 6) is -1.02. The molecule has 0 bridgehead atoms.